The molecule has 0 unspecified atom stereocenters. The van der Waals surface area contributed by atoms with E-state index in [9.17, 15) is 9.90 Å². The Bertz CT molecular complexity index is 457. The van der Waals surface area contributed by atoms with Gasteiger partial charge in [0.05, 0.1) is 0 Å². The summed E-state index contributed by atoms with van der Waals surface area (Å²) in [6, 6.07) is 0. The molecule has 78 valence electrons. The van der Waals surface area contributed by atoms with Crippen LogP contribution < -0.4 is 0 Å². The molecule has 0 radical (unpaired) electrons. The molecule has 0 bridgehead atoms. The highest BCUT2D eigenvalue weighted by Gasteiger charge is 2.18. The van der Waals surface area contributed by atoms with E-state index in [1.54, 1.807) is 6.92 Å². The van der Waals surface area contributed by atoms with Gasteiger partial charge in [-0.05, 0) is 12.0 Å². The maximum atomic E-state index is 11.4. The van der Waals surface area contributed by atoms with Crippen molar-refractivity contribution < 1.29 is 9.90 Å². The Morgan fingerprint density at radius 2 is 2.47 bits per heavy atom. The second-order valence-corrected chi connectivity index (χ2v) is 4.27. The molecule has 1 aromatic heterocycles. The number of allylic oxidation sites excluding steroid dienone is 4. The summed E-state index contributed by atoms with van der Waals surface area (Å²) in [4.78, 5) is 15.8. The molecule has 1 aromatic rings. The number of ketones is 1. The van der Waals surface area contributed by atoms with Crippen LogP contribution >= 0.6 is 11.3 Å². The third-order valence-corrected chi connectivity index (χ3v) is 3.39. The first kappa shape index (κ1) is 10.1. The van der Waals surface area contributed by atoms with E-state index in [0.717, 1.165) is 17.0 Å². The zero-order valence-corrected chi connectivity index (χ0v) is 9.17. The van der Waals surface area contributed by atoms with Crippen LogP contribution in [0.3, 0.4) is 0 Å². The van der Waals surface area contributed by atoms with Crippen molar-refractivity contribution >= 4 is 22.7 Å². The number of carbonyl (C=O) groups excluding carboxylic acids is 1. The van der Waals surface area contributed by atoms with Crippen molar-refractivity contribution in [3.63, 3.8) is 0 Å². The van der Waals surface area contributed by atoms with Gasteiger partial charge < -0.3 is 5.11 Å². The van der Waals surface area contributed by atoms with Crippen molar-refractivity contribution in [2.24, 2.45) is 0 Å². The minimum absolute atomic E-state index is 0.0530. The summed E-state index contributed by atoms with van der Waals surface area (Å²) < 4.78 is 0. The lowest BCUT2D eigenvalue weighted by Gasteiger charge is -1.92. The predicted octanol–water partition coefficient (Wildman–Crippen LogP) is 2.78. The van der Waals surface area contributed by atoms with Crippen molar-refractivity contribution in [1.82, 2.24) is 4.98 Å². The molecule has 1 heterocycles. The van der Waals surface area contributed by atoms with E-state index in [1.807, 2.05) is 18.2 Å². The molecule has 0 amide bonds. The van der Waals surface area contributed by atoms with Crippen molar-refractivity contribution in [3.8, 4) is 5.88 Å². The summed E-state index contributed by atoms with van der Waals surface area (Å²) in [5.74, 6) is -0.183. The first-order chi connectivity index (χ1) is 7.22. The molecular weight excluding hydrogens is 210 g/mol. The largest absolute Gasteiger partial charge is 0.492 e. The number of thiazole rings is 1. The quantitative estimate of drug-likeness (QED) is 0.798. The van der Waals surface area contributed by atoms with Gasteiger partial charge in [0.15, 0.2) is 5.78 Å². The fourth-order valence-corrected chi connectivity index (χ4v) is 2.40. The second-order valence-electron chi connectivity index (χ2n) is 3.27. The minimum Gasteiger partial charge on any atom is -0.492 e. The molecule has 3 nitrogen and oxygen atoms in total. The zero-order chi connectivity index (χ0) is 10.8. The van der Waals surface area contributed by atoms with E-state index in [-0.39, 0.29) is 11.7 Å². The number of hydrogen-bond donors (Lipinski definition) is 1. The molecule has 0 spiro atoms. The van der Waals surface area contributed by atoms with Crippen LogP contribution in [-0.2, 0) is 0 Å². The molecule has 0 fully saturated rings. The van der Waals surface area contributed by atoms with Crippen LogP contribution in [-0.4, -0.2) is 15.9 Å². The summed E-state index contributed by atoms with van der Waals surface area (Å²) >= 11 is 1.27. The molecule has 0 aromatic carbocycles. The molecule has 0 atom stereocenters. The number of Topliss-reactive ketones (excluding diaryl/α,β-unsaturated/α-hetero) is 1. The first-order valence-electron chi connectivity index (χ1n) is 4.81. The van der Waals surface area contributed by atoms with E-state index < -0.39 is 0 Å². The smallest absolute Gasteiger partial charge is 0.233 e. The van der Waals surface area contributed by atoms with Crippen LogP contribution in [0.1, 0.15) is 34.4 Å². The number of rotatable bonds is 3. The van der Waals surface area contributed by atoms with Crippen molar-refractivity contribution in [3.05, 3.63) is 28.1 Å². The third-order valence-electron chi connectivity index (χ3n) is 2.23. The zero-order valence-electron chi connectivity index (χ0n) is 8.36. The Morgan fingerprint density at radius 1 is 1.67 bits per heavy atom. The van der Waals surface area contributed by atoms with Gasteiger partial charge in [-0.25, -0.2) is 4.98 Å². The van der Waals surface area contributed by atoms with E-state index in [2.05, 4.69) is 4.98 Å². The molecule has 0 saturated carbocycles. The Labute approximate surface area is 91.8 Å². The summed E-state index contributed by atoms with van der Waals surface area (Å²) in [6.45, 7) is 1.78. The normalized spacial score (nSPS) is 14.3. The summed E-state index contributed by atoms with van der Waals surface area (Å²) in [6.07, 6.45) is 7.15. The lowest BCUT2D eigenvalue weighted by molar-refractivity contribution is 0.0989. The summed E-state index contributed by atoms with van der Waals surface area (Å²) in [5.41, 5.74) is 1.06. The molecule has 1 N–H and O–H groups in total. The van der Waals surface area contributed by atoms with Crippen LogP contribution in [0.4, 0.5) is 0 Å². The Hall–Kier alpha value is -1.42. The van der Waals surface area contributed by atoms with Crippen LogP contribution in [0.25, 0.3) is 5.57 Å². The molecule has 2 rings (SSSR count). The van der Waals surface area contributed by atoms with Gasteiger partial charge in [0, 0.05) is 6.42 Å². The molecule has 0 saturated heterocycles. The van der Waals surface area contributed by atoms with Gasteiger partial charge in [-0.15, -0.1) is 11.3 Å². The first-order valence-corrected chi connectivity index (χ1v) is 5.63. The molecule has 15 heavy (non-hydrogen) atoms. The molecular formula is C11H11NO2S. The minimum atomic E-state index is -0.130. The Morgan fingerprint density at radius 3 is 3.07 bits per heavy atom. The maximum absolute atomic E-state index is 11.4. The van der Waals surface area contributed by atoms with Gasteiger partial charge in [-0.2, -0.15) is 0 Å². The number of carbonyl (C=O) groups is 1. The fourth-order valence-electron chi connectivity index (χ4n) is 1.40. The van der Waals surface area contributed by atoms with Crippen LogP contribution in [0.15, 0.2) is 18.2 Å². The topological polar surface area (TPSA) is 50.2 Å². The lowest BCUT2D eigenvalue weighted by atomic mass is 10.2. The molecule has 1 aliphatic rings. The predicted molar refractivity (Wildman–Crippen MR) is 60.1 cm³/mol. The SMILES string of the molecule is CCC(=O)c1sc(C2=CC=CC2)nc1O. The standard InChI is InChI=1S/C11H11NO2S/c1-2-8(13)9-10(14)12-11(15-9)7-5-3-4-6-7/h3-5,14H,2,6H2,1H3. The van der Waals surface area contributed by atoms with E-state index in [0.29, 0.717) is 11.3 Å². The van der Waals surface area contributed by atoms with Gasteiger partial charge >= 0.3 is 0 Å². The maximum Gasteiger partial charge on any atom is 0.233 e. The molecule has 4 heteroatoms. The highest BCUT2D eigenvalue weighted by molar-refractivity contribution is 7.15. The average Bonchev–Trinajstić information content (AvgIpc) is 2.84. The van der Waals surface area contributed by atoms with E-state index >= 15 is 0 Å². The third kappa shape index (κ3) is 1.85. The highest BCUT2D eigenvalue weighted by Crippen LogP contribution is 2.32. The van der Waals surface area contributed by atoms with Gasteiger partial charge in [-0.1, -0.05) is 25.2 Å². The van der Waals surface area contributed by atoms with Gasteiger partial charge in [-0.3, -0.25) is 4.79 Å². The van der Waals surface area contributed by atoms with Crippen molar-refractivity contribution in [2.45, 2.75) is 19.8 Å². The van der Waals surface area contributed by atoms with Crippen LogP contribution in [0.5, 0.6) is 5.88 Å². The summed E-state index contributed by atoms with van der Waals surface area (Å²) in [5, 5.41) is 10.3. The van der Waals surface area contributed by atoms with E-state index in [4.69, 9.17) is 0 Å². The number of aromatic nitrogens is 1. The number of hydrogen-bond acceptors (Lipinski definition) is 4. The molecule has 0 aliphatic heterocycles. The highest BCUT2D eigenvalue weighted by atomic mass is 32.1. The van der Waals surface area contributed by atoms with Gasteiger partial charge in [0.2, 0.25) is 5.88 Å². The van der Waals surface area contributed by atoms with Gasteiger partial charge in [0.25, 0.3) is 0 Å². The average molecular weight is 221 g/mol. The van der Waals surface area contributed by atoms with E-state index in [1.165, 1.54) is 11.3 Å². The second kappa shape index (κ2) is 3.98. The molecule has 1 aliphatic carbocycles. The Balaban J connectivity index is 2.33. The monoisotopic (exact) mass is 221 g/mol. The summed E-state index contributed by atoms with van der Waals surface area (Å²) in [7, 11) is 0. The lowest BCUT2D eigenvalue weighted by Crippen LogP contribution is -1.92. The number of nitrogens with zero attached hydrogens (tertiary/aromatic N) is 1. The van der Waals surface area contributed by atoms with Crippen LogP contribution in [0.2, 0.25) is 0 Å². The van der Waals surface area contributed by atoms with Gasteiger partial charge in [0.1, 0.15) is 9.88 Å². The van der Waals surface area contributed by atoms with Crippen molar-refractivity contribution in [1.29, 1.82) is 0 Å². The van der Waals surface area contributed by atoms with Crippen molar-refractivity contribution in [2.75, 3.05) is 0 Å². The Kier molecular flexibility index (Phi) is 2.68. The number of aromatic hydroxyl groups is 1. The fraction of sp³-hybridized carbons (Fsp3) is 0.273. The van der Waals surface area contributed by atoms with Crippen LogP contribution in [0, 0.1) is 0 Å².